The Labute approximate surface area is 144 Å². The lowest BCUT2D eigenvalue weighted by molar-refractivity contribution is -0.116. The minimum Gasteiger partial charge on any atom is -0.493 e. The Hall–Kier alpha value is -3.09. The molecule has 1 N–H and O–H groups in total. The zero-order chi connectivity index (χ0) is 18.0. The van der Waals surface area contributed by atoms with Crippen molar-refractivity contribution in [2.24, 2.45) is 0 Å². The second-order valence-corrected chi connectivity index (χ2v) is 5.54. The van der Waals surface area contributed by atoms with Gasteiger partial charge in [-0.1, -0.05) is 6.07 Å². The van der Waals surface area contributed by atoms with Crippen molar-refractivity contribution in [2.75, 3.05) is 26.6 Å². The molecule has 0 fully saturated rings. The maximum absolute atomic E-state index is 12.1. The summed E-state index contributed by atoms with van der Waals surface area (Å²) in [5.74, 6) is 0.141. The van der Waals surface area contributed by atoms with Gasteiger partial charge in [0.25, 0.3) is 0 Å². The van der Waals surface area contributed by atoms with Crippen LogP contribution < -0.4 is 14.8 Å². The summed E-state index contributed by atoms with van der Waals surface area (Å²) in [4.78, 5) is 28.2. The Morgan fingerprint density at radius 2 is 1.88 bits per heavy atom. The van der Waals surface area contributed by atoms with Gasteiger partial charge in [-0.25, -0.2) is 9.78 Å². The Morgan fingerprint density at radius 3 is 2.56 bits per heavy atom. The topological polar surface area (TPSA) is 86.8 Å². The fraction of sp³-hybridized carbons (Fsp3) is 0.278. The minimum atomic E-state index is -0.519. The number of nitrogens with zero attached hydrogens (tertiary/aromatic N) is 1. The molecular weight excluding hydrogens is 324 g/mol. The van der Waals surface area contributed by atoms with Crippen LogP contribution in [0.15, 0.2) is 30.3 Å². The molecule has 0 bridgehead atoms. The second kappa shape index (κ2) is 6.80. The first-order valence-corrected chi connectivity index (χ1v) is 7.68. The number of nitrogens with one attached hydrogen (secondary N) is 1. The van der Waals surface area contributed by atoms with E-state index < -0.39 is 5.97 Å². The van der Waals surface area contributed by atoms with Crippen molar-refractivity contribution in [2.45, 2.75) is 12.3 Å². The fourth-order valence-corrected chi connectivity index (χ4v) is 2.92. The number of amides is 1. The predicted octanol–water partition coefficient (Wildman–Crippen LogP) is 2.36. The number of carbonyl (C=O) groups excluding carboxylic acids is 2. The van der Waals surface area contributed by atoms with E-state index in [4.69, 9.17) is 14.2 Å². The largest absolute Gasteiger partial charge is 0.493 e. The number of hydrogen-bond donors (Lipinski definition) is 1. The Bertz CT molecular complexity index is 834. The SMILES string of the molecule is COC(=O)c1cccc(C2CC(=O)Nc3cc(OC)c(OC)cc32)n1. The van der Waals surface area contributed by atoms with Crippen LogP contribution in [-0.2, 0) is 9.53 Å². The molecule has 130 valence electrons. The van der Waals surface area contributed by atoms with Gasteiger partial charge in [0.2, 0.25) is 5.91 Å². The van der Waals surface area contributed by atoms with Crippen molar-refractivity contribution in [3.05, 3.63) is 47.3 Å². The number of methoxy groups -OCH3 is 3. The highest BCUT2D eigenvalue weighted by Crippen LogP contribution is 2.42. The van der Waals surface area contributed by atoms with Crippen LogP contribution in [0.2, 0.25) is 0 Å². The van der Waals surface area contributed by atoms with Crippen molar-refractivity contribution in [1.82, 2.24) is 4.98 Å². The predicted molar refractivity (Wildman–Crippen MR) is 90.2 cm³/mol. The van der Waals surface area contributed by atoms with E-state index in [1.807, 2.05) is 6.07 Å². The molecule has 2 aromatic rings. The van der Waals surface area contributed by atoms with Crippen LogP contribution in [0.4, 0.5) is 5.69 Å². The molecule has 0 saturated heterocycles. The van der Waals surface area contributed by atoms with Gasteiger partial charge < -0.3 is 19.5 Å². The smallest absolute Gasteiger partial charge is 0.356 e. The summed E-state index contributed by atoms with van der Waals surface area (Å²) in [6, 6.07) is 8.64. The lowest BCUT2D eigenvalue weighted by Gasteiger charge is -2.26. The maximum Gasteiger partial charge on any atom is 0.356 e. The third-order valence-electron chi connectivity index (χ3n) is 4.12. The van der Waals surface area contributed by atoms with Gasteiger partial charge in [0.1, 0.15) is 5.69 Å². The third-order valence-corrected chi connectivity index (χ3v) is 4.12. The van der Waals surface area contributed by atoms with Crippen molar-refractivity contribution in [3.8, 4) is 11.5 Å². The first-order chi connectivity index (χ1) is 12.1. The molecule has 1 atom stereocenters. The highest BCUT2D eigenvalue weighted by Gasteiger charge is 2.29. The summed E-state index contributed by atoms with van der Waals surface area (Å²) in [5.41, 5.74) is 2.31. The number of pyridine rings is 1. The van der Waals surface area contributed by atoms with Crippen LogP contribution in [-0.4, -0.2) is 38.2 Å². The molecule has 0 saturated carbocycles. The molecule has 25 heavy (non-hydrogen) atoms. The van der Waals surface area contributed by atoms with E-state index in [0.29, 0.717) is 22.9 Å². The molecule has 0 radical (unpaired) electrons. The van der Waals surface area contributed by atoms with E-state index in [9.17, 15) is 9.59 Å². The number of esters is 1. The fourth-order valence-electron chi connectivity index (χ4n) is 2.92. The molecule has 0 aliphatic carbocycles. The number of ether oxygens (including phenoxy) is 3. The van der Waals surface area contributed by atoms with Crippen LogP contribution in [0.25, 0.3) is 0 Å². The van der Waals surface area contributed by atoms with Crippen molar-refractivity contribution < 1.29 is 23.8 Å². The molecule has 1 unspecified atom stereocenters. The van der Waals surface area contributed by atoms with Crippen LogP contribution in [0, 0.1) is 0 Å². The zero-order valence-corrected chi connectivity index (χ0v) is 14.2. The van der Waals surface area contributed by atoms with Gasteiger partial charge in [-0.3, -0.25) is 4.79 Å². The summed E-state index contributed by atoms with van der Waals surface area (Å²) < 4.78 is 15.4. The molecule has 1 aromatic heterocycles. The third kappa shape index (κ3) is 3.13. The van der Waals surface area contributed by atoms with E-state index >= 15 is 0 Å². The number of rotatable bonds is 4. The first kappa shape index (κ1) is 16.8. The number of fused-ring (bicyclic) bond motifs is 1. The molecule has 7 nitrogen and oxygen atoms in total. The van der Waals surface area contributed by atoms with Gasteiger partial charge in [0.15, 0.2) is 11.5 Å². The number of hydrogen-bond acceptors (Lipinski definition) is 6. The van der Waals surface area contributed by atoms with E-state index in [2.05, 4.69) is 10.3 Å². The molecule has 7 heteroatoms. The van der Waals surface area contributed by atoms with E-state index in [-0.39, 0.29) is 23.9 Å². The quantitative estimate of drug-likeness (QED) is 0.859. The standard InChI is InChI=1S/C18H18N2O5/c1-23-15-7-10-11(8-17(21)20-14(10)9-16(15)24-2)12-5-4-6-13(19-12)18(22)25-3/h4-7,9,11H,8H2,1-3H3,(H,20,21). The Balaban J connectivity index is 2.10. The van der Waals surface area contributed by atoms with Crippen molar-refractivity contribution in [1.29, 1.82) is 0 Å². The molecule has 1 aromatic carbocycles. The number of aromatic nitrogens is 1. The Morgan fingerprint density at radius 1 is 1.16 bits per heavy atom. The monoisotopic (exact) mass is 342 g/mol. The van der Waals surface area contributed by atoms with Gasteiger partial charge in [-0.15, -0.1) is 0 Å². The molecular formula is C18H18N2O5. The van der Waals surface area contributed by atoms with E-state index in [1.54, 1.807) is 31.4 Å². The van der Waals surface area contributed by atoms with Crippen LogP contribution >= 0.6 is 0 Å². The molecule has 1 aliphatic heterocycles. The first-order valence-electron chi connectivity index (χ1n) is 7.68. The number of anilines is 1. The number of benzene rings is 1. The molecule has 3 rings (SSSR count). The maximum atomic E-state index is 12.1. The lowest BCUT2D eigenvalue weighted by atomic mass is 9.87. The van der Waals surface area contributed by atoms with Gasteiger partial charge in [0.05, 0.1) is 21.3 Å². The van der Waals surface area contributed by atoms with Gasteiger partial charge in [0, 0.05) is 29.8 Å². The zero-order valence-electron chi connectivity index (χ0n) is 14.2. The summed E-state index contributed by atoms with van der Waals surface area (Å²) in [6.45, 7) is 0. The van der Waals surface area contributed by atoms with E-state index in [0.717, 1.165) is 5.56 Å². The van der Waals surface area contributed by atoms with Crippen LogP contribution in [0.5, 0.6) is 11.5 Å². The normalized spacial score (nSPS) is 15.8. The average Bonchev–Trinajstić information content (AvgIpc) is 2.65. The summed E-state index contributed by atoms with van der Waals surface area (Å²) >= 11 is 0. The van der Waals surface area contributed by atoms with E-state index in [1.165, 1.54) is 14.2 Å². The van der Waals surface area contributed by atoms with Crippen molar-refractivity contribution >= 4 is 17.6 Å². The summed E-state index contributed by atoms with van der Waals surface area (Å²) in [6.07, 6.45) is 0.222. The second-order valence-electron chi connectivity index (χ2n) is 5.54. The Kier molecular flexibility index (Phi) is 4.56. The average molecular weight is 342 g/mol. The highest BCUT2D eigenvalue weighted by atomic mass is 16.5. The van der Waals surface area contributed by atoms with Crippen LogP contribution in [0.1, 0.15) is 34.1 Å². The molecule has 0 spiro atoms. The van der Waals surface area contributed by atoms with Gasteiger partial charge in [-0.05, 0) is 23.8 Å². The highest BCUT2D eigenvalue weighted by molar-refractivity contribution is 5.96. The number of carbonyl (C=O) groups is 2. The minimum absolute atomic E-state index is 0.130. The lowest BCUT2D eigenvalue weighted by Crippen LogP contribution is -2.24. The molecule has 1 amide bonds. The van der Waals surface area contributed by atoms with Crippen molar-refractivity contribution in [3.63, 3.8) is 0 Å². The summed E-state index contributed by atoms with van der Waals surface area (Å²) in [5, 5.41) is 2.84. The summed E-state index contributed by atoms with van der Waals surface area (Å²) in [7, 11) is 4.39. The molecule has 1 aliphatic rings. The van der Waals surface area contributed by atoms with Crippen LogP contribution in [0.3, 0.4) is 0 Å². The van der Waals surface area contributed by atoms with Gasteiger partial charge in [-0.2, -0.15) is 0 Å². The van der Waals surface area contributed by atoms with Gasteiger partial charge >= 0.3 is 5.97 Å². The molecule has 2 heterocycles.